The summed E-state index contributed by atoms with van der Waals surface area (Å²) in [5, 5.41) is 3.05. The van der Waals surface area contributed by atoms with Crippen molar-refractivity contribution in [2.24, 2.45) is 5.73 Å². The molecule has 0 spiro atoms. The topological polar surface area (TPSA) is 38.9 Å². The molecule has 2 N–H and O–H groups in total. The van der Waals surface area contributed by atoms with E-state index < -0.39 is 0 Å². The Morgan fingerprint density at radius 3 is 2.56 bits per heavy atom. The Hall–Kier alpha value is -1.26. The number of aromatic nitrogens is 1. The van der Waals surface area contributed by atoms with Gasteiger partial charge < -0.3 is 5.73 Å². The van der Waals surface area contributed by atoms with Crippen LogP contribution in [0.25, 0.3) is 10.6 Å². The van der Waals surface area contributed by atoms with E-state index in [9.17, 15) is 4.39 Å². The molecule has 18 heavy (non-hydrogen) atoms. The van der Waals surface area contributed by atoms with Crippen LogP contribution in [-0.2, 0) is 5.41 Å². The number of thiazole rings is 1. The van der Waals surface area contributed by atoms with Crippen LogP contribution in [0.2, 0.25) is 0 Å². The number of benzene rings is 1. The average molecular weight is 262 g/mol. The molecule has 0 unspecified atom stereocenters. The Morgan fingerprint density at radius 1 is 1.28 bits per heavy atom. The summed E-state index contributed by atoms with van der Waals surface area (Å²) in [6.45, 7) is 0.666. The second-order valence-corrected chi connectivity index (χ2v) is 5.74. The quantitative estimate of drug-likeness (QED) is 0.921. The lowest BCUT2D eigenvalue weighted by atomic mass is 9.67. The Balaban J connectivity index is 1.91. The molecular formula is C14H15FN2S. The minimum Gasteiger partial charge on any atom is -0.330 e. The monoisotopic (exact) mass is 262 g/mol. The maximum Gasteiger partial charge on any atom is 0.123 e. The molecule has 0 bridgehead atoms. The highest BCUT2D eigenvalue weighted by molar-refractivity contribution is 7.13. The van der Waals surface area contributed by atoms with Crippen molar-refractivity contribution in [3.05, 3.63) is 41.2 Å². The van der Waals surface area contributed by atoms with E-state index >= 15 is 0 Å². The summed E-state index contributed by atoms with van der Waals surface area (Å²) in [5.74, 6) is -0.215. The van der Waals surface area contributed by atoms with Crippen molar-refractivity contribution in [2.45, 2.75) is 24.7 Å². The third-order valence-corrected chi connectivity index (χ3v) is 4.73. The molecule has 2 aromatic rings. The van der Waals surface area contributed by atoms with Gasteiger partial charge in [0.25, 0.3) is 0 Å². The van der Waals surface area contributed by atoms with Gasteiger partial charge in [0.1, 0.15) is 10.8 Å². The zero-order valence-electron chi connectivity index (χ0n) is 10.0. The molecule has 1 aromatic carbocycles. The zero-order valence-corrected chi connectivity index (χ0v) is 10.8. The first-order valence-corrected chi connectivity index (χ1v) is 7.03. The lowest BCUT2D eigenvalue weighted by molar-refractivity contribution is 0.247. The molecule has 0 saturated heterocycles. The number of hydrogen-bond acceptors (Lipinski definition) is 3. The van der Waals surface area contributed by atoms with Gasteiger partial charge in [0.05, 0.1) is 5.69 Å². The van der Waals surface area contributed by atoms with Gasteiger partial charge in [0.2, 0.25) is 0 Å². The summed E-state index contributed by atoms with van der Waals surface area (Å²) in [7, 11) is 0. The highest BCUT2D eigenvalue weighted by Crippen LogP contribution is 2.43. The van der Waals surface area contributed by atoms with E-state index in [1.807, 2.05) is 0 Å². The van der Waals surface area contributed by atoms with Gasteiger partial charge in [-0.2, -0.15) is 0 Å². The number of nitrogens with two attached hydrogens (primary N) is 1. The normalized spacial score (nSPS) is 17.4. The summed E-state index contributed by atoms with van der Waals surface area (Å²) in [5.41, 5.74) is 8.07. The van der Waals surface area contributed by atoms with Crippen LogP contribution in [0.5, 0.6) is 0 Å². The molecule has 1 aromatic heterocycles. The fraction of sp³-hybridized carbons (Fsp3) is 0.357. The minimum absolute atomic E-state index is 0.106. The number of rotatable bonds is 3. The first-order chi connectivity index (χ1) is 8.73. The van der Waals surface area contributed by atoms with Gasteiger partial charge >= 0.3 is 0 Å². The Morgan fingerprint density at radius 2 is 2.00 bits per heavy atom. The SMILES string of the molecule is NCC1(c2csc(-c3ccc(F)cc3)n2)CCC1. The van der Waals surface area contributed by atoms with Gasteiger partial charge in [0, 0.05) is 22.9 Å². The fourth-order valence-corrected chi connectivity index (χ4v) is 3.36. The largest absolute Gasteiger partial charge is 0.330 e. The molecule has 1 aliphatic rings. The lowest BCUT2D eigenvalue weighted by Crippen LogP contribution is -2.41. The molecular weight excluding hydrogens is 247 g/mol. The van der Waals surface area contributed by atoms with E-state index in [4.69, 9.17) is 10.7 Å². The van der Waals surface area contributed by atoms with Crippen LogP contribution in [-0.4, -0.2) is 11.5 Å². The smallest absolute Gasteiger partial charge is 0.123 e. The number of nitrogens with zero attached hydrogens (tertiary/aromatic N) is 1. The second kappa shape index (κ2) is 4.44. The Bertz CT molecular complexity index is 538. The van der Waals surface area contributed by atoms with E-state index in [1.165, 1.54) is 18.6 Å². The van der Waals surface area contributed by atoms with Crippen molar-refractivity contribution in [1.29, 1.82) is 0 Å². The molecule has 1 fully saturated rings. The molecule has 94 valence electrons. The van der Waals surface area contributed by atoms with Gasteiger partial charge in [-0.15, -0.1) is 11.3 Å². The van der Waals surface area contributed by atoms with Crippen molar-refractivity contribution < 1.29 is 4.39 Å². The molecule has 1 saturated carbocycles. The van der Waals surface area contributed by atoms with Crippen molar-refractivity contribution in [1.82, 2.24) is 4.98 Å². The lowest BCUT2D eigenvalue weighted by Gasteiger charge is -2.39. The summed E-state index contributed by atoms with van der Waals surface area (Å²) >= 11 is 1.61. The van der Waals surface area contributed by atoms with Gasteiger partial charge in [-0.1, -0.05) is 6.42 Å². The Kier molecular flexibility index (Phi) is 2.92. The van der Waals surface area contributed by atoms with Gasteiger partial charge in [0.15, 0.2) is 0 Å². The molecule has 3 rings (SSSR count). The van der Waals surface area contributed by atoms with Crippen molar-refractivity contribution in [2.75, 3.05) is 6.54 Å². The van der Waals surface area contributed by atoms with Crippen LogP contribution in [0.3, 0.4) is 0 Å². The van der Waals surface area contributed by atoms with Gasteiger partial charge in [-0.3, -0.25) is 0 Å². The molecule has 0 aliphatic heterocycles. The molecule has 1 aliphatic carbocycles. The van der Waals surface area contributed by atoms with E-state index in [-0.39, 0.29) is 11.2 Å². The van der Waals surface area contributed by atoms with Crippen LogP contribution in [0.15, 0.2) is 29.6 Å². The van der Waals surface area contributed by atoms with Crippen LogP contribution < -0.4 is 5.73 Å². The average Bonchev–Trinajstić information content (AvgIpc) is 2.79. The predicted molar refractivity (Wildman–Crippen MR) is 72.1 cm³/mol. The third kappa shape index (κ3) is 1.85. The van der Waals surface area contributed by atoms with E-state index in [0.717, 1.165) is 29.1 Å². The first kappa shape index (κ1) is 11.8. The van der Waals surface area contributed by atoms with E-state index in [1.54, 1.807) is 23.5 Å². The van der Waals surface area contributed by atoms with Crippen LogP contribution >= 0.6 is 11.3 Å². The van der Waals surface area contributed by atoms with Crippen LogP contribution in [0.4, 0.5) is 4.39 Å². The summed E-state index contributed by atoms with van der Waals surface area (Å²) in [6, 6.07) is 6.48. The number of hydrogen-bond donors (Lipinski definition) is 1. The molecule has 0 atom stereocenters. The third-order valence-electron chi connectivity index (χ3n) is 3.84. The van der Waals surface area contributed by atoms with Crippen molar-refractivity contribution >= 4 is 11.3 Å². The second-order valence-electron chi connectivity index (χ2n) is 4.88. The van der Waals surface area contributed by atoms with Crippen LogP contribution in [0.1, 0.15) is 25.0 Å². The maximum absolute atomic E-state index is 12.9. The van der Waals surface area contributed by atoms with Gasteiger partial charge in [-0.25, -0.2) is 9.37 Å². The molecule has 0 amide bonds. The Labute approximate surface area is 110 Å². The van der Waals surface area contributed by atoms with Gasteiger partial charge in [-0.05, 0) is 37.1 Å². The molecule has 0 radical (unpaired) electrons. The summed E-state index contributed by atoms with van der Waals surface area (Å²) < 4.78 is 12.9. The van der Waals surface area contributed by atoms with E-state index in [0.29, 0.717) is 6.54 Å². The standard InChI is InChI=1S/C14H15FN2S/c15-11-4-2-10(3-5-11)13-17-12(8-18-13)14(9-16)6-1-7-14/h2-5,8H,1,6-7,9,16H2. The predicted octanol–water partition coefficient (Wildman–Crippen LogP) is 3.33. The van der Waals surface area contributed by atoms with Crippen LogP contribution in [0, 0.1) is 5.82 Å². The maximum atomic E-state index is 12.9. The molecule has 4 heteroatoms. The molecule has 2 nitrogen and oxygen atoms in total. The van der Waals surface area contributed by atoms with Crippen molar-refractivity contribution in [3.63, 3.8) is 0 Å². The minimum atomic E-state index is -0.215. The zero-order chi connectivity index (χ0) is 12.6. The first-order valence-electron chi connectivity index (χ1n) is 6.15. The fourth-order valence-electron chi connectivity index (χ4n) is 2.41. The molecule has 1 heterocycles. The summed E-state index contributed by atoms with van der Waals surface area (Å²) in [4.78, 5) is 4.69. The highest BCUT2D eigenvalue weighted by Gasteiger charge is 2.39. The van der Waals surface area contributed by atoms with Crippen molar-refractivity contribution in [3.8, 4) is 10.6 Å². The summed E-state index contributed by atoms with van der Waals surface area (Å²) in [6.07, 6.45) is 3.51. The van der Waals surface area contributed by atoms with E-state index in [2.05, 4.69) is 5.38 Å². The number of halogens is 1. The highest BCUT2D eigenvalue weighted by atomic mass is 32.1.